The lowest BCUT2D eigenvalue weighted by atomic mass is 10.1. The van der Waals surface area contributed by atoms with Crippen LogP contribution in [0.5, 0.6) is 0 Å². The van der Waals surface area contributed by atoms with Crippen molar-refractivity contribution in [3.05, 3.63) is 16.1 Å². The maximum Gasteiger partial charge on any atom is 0.0897 e. The standard InChI is InChI=1S/C11H19NO2S/c1-3-14-6-4-5-11(13)7-10-8-15-9(2)12-10/h8,11,13H,3-7H2,1-2H3. The smallest absolute Gasteiger partial charge is 0.0897 e. The quantitative estimate of drug-likeness (QED) is 0.729. The Morgan fingerprint density at radius 2 is 2.40 bits per heavy atom. The summed E-state index contributed by atoms with van der Waals surface area (Å²) in [6, 6.07) is 0. The summed E-state index contributed by atoms with van der Waals surface area (Å²) in [5.41, 5.74) is 1.00. The van der Waals surface area contributed by atoms with E-state index in [1.807, 2.05) is 19.2 Å². The van der Waals surface area contributed by atoms with Crippen LogP contribution in [-0.2, 0) is 11.2 Å². The fourth-order valence-corrected chi connectivity index (χ4v) is 2.04. The number of rotatable bonds is 7. The lowest BCUT2D eigenvalue weighted by Gasteiger charge is -2.08. The predicted molar refractivity (Wildman–Crippen MR) is 62.3 cm³/mol. The molecule has 0 saturated carbocycles. The van der Waals surface area contributed by atoms with Crippen LogP contribution in [0, 0.1) is 6.92 Å². The average molecular weight is 229 g/mol. The maximum absolute atomic E-state index is 9.72. The van der Waals surface area contributed by atoms with Crippen molar-refractivity contribution in [3.8, 4) is 0 Å². The van der Waals surface area contributed by atoms with Crippen molar-refractivity contribution in [1.29, 1.82) is 0 Å². The molecular formula is C11H19NO2S. The van der Waals surface area contributed by atoms with Crippen molar-refractivity contribution in [2.45, 2.75) is 39.2 Å². The number of thiazole rings is 1. The van der Waals surface area contributed by atoms with Gasteiger partial charge in [0.15, 0.2) is 0 Å². The summed E-state index contributed by atoms with van der Waals surface area (Å²) in [4.78, 5) is 4.32. The molecule has 4 heteroatoms. The highest BCUT2D eigenvalue weighted by Gasteiger charge is 2.07. The second kappa shape index (κ2) is 6.93. The first-order valence-electron chi connectivity index (χ1n) is 5.39. The van der Waals surface area contributed by atoms with Gasteiger partial charge < -0.3 is 9.84 Å². The monoisotopic (exact) mass is 229 g/mol. The number of nitrogens with zero attached hydrogens (tertiary/aromatic N) is 1. The van der Waals surface area contributed by atoms with Crippen LogP contribution in [0.2, 0.25) is 0 Å². The Morgan fingerprint density at radius 1 is 1.60 bits per heavy atom. The summed E-state index contributed by atoms with van der Waals surface area (Å²) in [5.74, 6) is 0. The lowest BCUT2D eigenvalue weighted by Crippen LogP contribution is -2.11. The molecule has 86 valence electrons. The maximum atomic E-state index is 9.72. The fraction of sp³-hybridized carbons (Fsp3) is 0.727. The Morgan fingerprint density at radius 3 is 3.00 bits per heavy atom. The molecule has 0 amide bonds. The number of ether oxygens (including phenoxy) is 1. The van der Waals surface area contributed by atoms with E-state index in [4.69, 9.17) is 4.74 Å². The average Bonchev–Trinajstić information content (AvgIpc) is 2.59. The van der Waals surface area contributed by atoms with Crippen LogP contribution >= 0.6 is 11.3 Å². The van der Waals surface area contributed by atoms with E-state index in [1.165, 1.54) is 0 Å². The Kier molecular flexibility index (Phi) is 5.83. The molecule has 0 fully saturated rings. The minimum atomic E-state index is -0.285. The van der Waals surface area contributed by atoms with E-state index in [-0.39, 0.29) is 6.10 Å². The highest BCUT2D eigenvalue weighted by molar-refractivity contribution is 7.09. The van der Waals surface area contributed by atoms with Crippen LogP contribution in [0.15, 0.2) is 5.38 Å². The van der Waals surface area contributed by atoms with Gasteiger partial charge in [0.1, 0.15) is 0 Å². The van der Waals surface area contributed by atoms with Crippen molar-refractivity contribution in [1.82, 2.24) is 4.98 Å². The van der Waals surface area contributed by atoms with Gasteiger partial charge in [0.25, 0.3) is 0 Å². The first-order chi connectivity index (χ1) is 7.22. The summed E-state index contributed by atoms with van der Waals surface area (Å²) in [6.45, 7) is 5.45. The zero-order chi connectivity index (χ0) is 11.1. The topological polar surface area (TPSA) is 42.4 Å². The third-order valence-corrected chi connectivity index (χ3v) is 2.96. The number of aromatic nitrogens is 1. The summed E-state index contributed by atoms with van der Waals surface area (Å²) in [7, 11) is 0. The summed E-state index contributed by atoms with van der Waals surface area (Å²) < 4.78 is 5.21. The Bertz CT molecular complexity index is 275. The Balaban J connectivity index is 2.15. The number of aliphatic hydroxyl groups is 1. The van der Waals surface area contributed by atoms with Gasteiger partial charge in [0.2, 0.25) is 0 Å². The SMILES string of the molecule is CCOCCCC(O)Cc1csc(C)n1. The largest absolute Gasteiger partial charge is 0.393 e. The number of hydrogen-bond donors (Lipinski definition) is 1. The molecule has 0 aromatic carbocycles. The van der Waals surface area contributed by atoms with Gasteiger partial charge in [0, 0.05) is 25.0 Å². The summed E-state index contributed by atoms with van der Waals surface area (Å²) in [6.07, 6.45) is 2.08. The molecule has 1 rings (SSSR count). The van der Waals surface area contributed by atoms with E-state index in [2.05, 4.69) is 4.98 Å². The molecule has 1 N–H and O–H groups in total. The van der Waals surface area contributed by atoms with Gasteiger partial charge >= 0.3 is 0 Å². The van der Waals surface area contributed by atoms with Crippen molar-refractivity contribution in [3.63, 3.8) is 0 Å². The van der Waals surface area contributed by atoms with Crippen LogP contribution in [0.1, 0.15) is 30.5 Å². The van der Waals surface area contributed by atoms with E-state index in [0.29, 0.717) is 6.42 Å². The molecule has 1 aromatic heterocycles. The molecule has 1 heterocycles. The second-order valence-corrected chi connectivity index (χ2v) is 4.62. The zero-order valence-electron chi connectivity index (χ0n) is 9.40. The van der Waals surface area contributed by atoms with Crippen LogP contribution in [0.25, 0.3) is 0 Å². The zero-order valence-corrected chi connectivity index (χ0v) is 10.2. The second-order valence-electron chi connectivity index (χ2n) is 3.55. The Labute approximate surface area is 95.1 Å². The van der Waals surface area contributed by atoms with Crippen molar-refractivity contribution in [2.75, 3.05) is 13.2 Å². The lowest BCUT2D eigenvalue weighted by molar-refractivity contribution is 0.114. The molecule has 0 radical (unpaired) electrons. The first-order valence-corrected chi connectivity index (χ1v) is 6.27. The normalized spacial score (nSPS) is 13.0. The van der Waals surface area contributed by atoms with E-state index >= 15 is 0 Å². The van der Waals surface area contributed by atoms with E-state index in [1.54, 1.807) is 11.3 Å². The molecule has 3 nitrogen and oxygen atoms in total. The highest BCUT2D eigenvalue weighted by atomic mass is 32.1. The number of aliphatic hydroxyl groups excluding tert-OH is 1. The molecule has 0 aliphatic carbocycles. The minimum Gasteiger partial charge on any atom is -0.393 e. The molecule has 1 unspecified atom stereocenters. The molecular weight excluding hydrogens is 210 g/mol. The van der Waals surface area contributed by atoms with E-state index < -0.39 is 0 Å². The minimum absolute atomic E-state index is 0.285. The van der Waals surface area contributed by atoms with Gasteiger partial charge in [0.05, 0.1) is 16.8 Å². The first kappa shape index (κ1) is 12.6. The van der Waals surface area contributed by atoms with Gasteiger partial charge in [-0.05, 0) is 26.7 Å². The van der Waals surface area contributed by atoms with Crippen molar-refractivity contribution >= 4 is 11.3 Å². The summed E-state index contributed by atoms with van der Waals surface area (Å²) in [5, 5.41) is 12.8. The van der Waals surface area contributed by atoms with Gasteiger partial charge in [-0.25, -0.2) is 4.98 Å². The molecule has 1 atom stereocenters. The van der Waals surface area contributed by atoms with Crippen LogP contribution < -0.4 is 0 Å². The highest BCUT2D eigenvalue weighted by Crippen LogP contribution is 2.11. The fourth-order valence-electron chi connectivity index (χ4n) is 1.41. The molecule has 0 aliphatic heterocycles. The van der Waals surface area contributed by atoms with Crippen LogP contribution in [0.3, 0.4) is 0 Å². The third-order valence-electron chi connectivity index (χ3n) is 2.14. The van der Waals surface area contributed by atoms with E-state index in [9.17, 15) is 5.11 Å². The molecule has 0 bridgehead atoms. The summed E-state index contributed by atoms with van der Waals surface area (Å²) >= 11 is 1.63. The van der Waals surface area contributed by atoms with Crippen LogP contribution in [-0.4, -0.2) is 29.4 Å². The van der Waals surface area contributed by atoms with Gasteiger partial charge in [-0.15, -0.1) is 11.3 Å². The molecule has 0 saturated heterocycles. The number of hydrogen-bond acceptors (Lipinski definition) is 4. The third kappa shape index (κ3) is 5.25. The molecule has 0 aliphatic rings. The van der Waals surface area contributed by atoms with Gasteiger partial charge in [-0.3, -0.25) is 0 Å². The molecule has 1 aromatic rings. The van der Waals surface area contributed by atoms with Crippen LogP contribution in [0.4, 0.5) is 0 Å². The van der Waals surface area contributed by atoms with Crippen molar-refractivity contribution < 1.29 is 9.84 Å². The molecule has 15 heavy (non-hydrogen) atoms. The predicted octanol–water partition coefficient (Wildman–Crippen LogP) is 2.17. The van der Waals surface area contributed by atoms with Gasteiger partial charge in [-0.2, -0.15) is 0 Å². The Hall–Kier alpha value is -0.450. The van der Waals surface area contributed by atoms with Crippen molar-refractivity contribution in [2.24, 2.45) is 0 Å². The number of aryl methyl sites for hydroxylation is 1. The van der Waals surface area contributed by atoms with Gasteiger partial charge in [-0.1, -0.05) is 0 Å². The van der Waals surface area contributed by atoms with E-state index in [0.717, 1.165) is 36.8 Å². The molecule has 0 spiro atoms.